The van der Waals surface area contributed by atoms with Crippen LogP contribution in [-0.4, -0.2) is 59.5 Å². The summed E-state index contributed by atoms with van der Waals surface area (Å²) in [6, 6.07) is 10.8. The van der Waals surface area contributed by atoms with Gasteiger partial charge in [0, 0.05) is 11.6 Å². The third kappa shape index (κ3) is 5.15. The molecule has 9 nitrogen and oxygen atoms in total. The number of fused-ring (bicyclic) bond motifs is 2. The molecule has 0 aliphatic carbocycles. The van der Waals surface area contributed by atoms with Crippen molar-refractivity contribution in [2.24, 2.45) is 0 Å². The van der Waals surface area contributed by atoms with E-state index in [1.807, 2.05) is 36.7 Å². The first kappa shape index (κ1) is 27.0. The molecule has 2 aromatic heterocycles. The second kappa shape index (κ2) is 9.84. The van der Waals surface area contributed by atoms with Gasteiger partial charge in [0.25, 0.3) is 0 Å². The Hall–Kier alpha value is -2.63. The van der Waals surface area contributed by atoms with Crippen LogP contribution in [0.1, 0.15) is 56.9 Å². The highest BCUT2D eigenvalue weighted by Gasteiger charge is 2.56. The van der Waals surface area contributed by atoms with Crippen LogP contribution >= 0.6 is 0 Å². The normalized spacial score (nSPS) is 25.0. The highest BCUT2D eigenvalue weighted by Crippen LogP contribution is 2.45. The summed E-state index contributed by atoms with van der Waals surface area (Å²) in [5, 5.41) is 0.873. The predicted octanol–water partition coefficient (Wildman–Crippen LogP) is 5.23. The first-order chi connectivity index (χ1) is 17.9. The van der Waals surface area contributed by atoms with Gasteiger partial charge >= 0.3 is 5.97 Å². The van der Waals surface area contributed by atoms with Crippen LogP contribution in [-0.2, 0) is 30.0 Å². The quantitative estimate of drug-likeness (QED) is 0.298. The molecule has 4 atom stereocenters. The fourth-order valence-electron chi connectivity index (χ4n) is 4.66. The molecule has 0 saturated carbocycles. The lowest BCUT2D eigenvalue weighted by atomic mass is 10.1. The molecule has 2 aliphatic heterocycles. The average molecular weight is 540 g/mol. The second-order valence-corrected chi connectivity index (χ2v) is 16.7. The highest BCUT2D eigenvalue weighted by molar-refractivity contribution is 6.74. The lowest BCUT2D eigenvalue weighted by Crippen LogP contribution is -2.44. The minimum absolute atomic E-state index is 0.0317. The van der Waals surface area contributed by atoms with Crippen molar-refractivity contribution in [3.63, 3.8) is 0 Å². The van der Waals surface area contributed by atoms with Gasteiger partial charge in [-0.05, 0) is 50.2 Å². The van der Waals surface area contributed by atoms with E-state index in [0.29, 0.717) is 23.5 Å². The summed E-state index contributed by atoms with van der Waals surface area (Å²) < 4.78 is 33.2. The standard InChI is InChI=1S/C28H37N3O6Si/c1-27(2,3)38(6,7)34-16-21-22-23(37-28(4,5)36-22)25(35-21)31-14-13-19-20(29-17-30-24(19)31)15-33-26(32)18-11-9-8-10-12-18/h8-14,17,21-23,25H,15-16H2,1-7H3/t21-,22-,23-,25-/m1/s1. The van der Waals surface area contributed by atoms with Crippen LogP contribution in [0, 0.1) is 0 Å². The van der Waals surface area contributed by atoms with Crippen LogP contribution in [0.5, 0.6) is 0 Å². The Bertz CT molecular complexity index is 1300. The second-order valence-electron chi connectivity index (χ2n) is 11.9. The molecule has 204 valence electrons. The summed E-state index contributed by atoms with van der Waals surface area (Å²) in [6.07, 6.45) is 2.04. The molecular formula is C28H37N3O6Si. The Morgan fingerprint density at radius 3 is 2.50 bits per heavy atom. The maximum atomic E-state index is 12.5. The number of nitrogens with zero attached hydrogens (tertiary/aromatic N) is 3. The number of ether oxygens (including phenoxy) is 4. The number of hydrogen-bond acceptors (Lipinski definition) is 8. The van der Waals surface area contributed by atoms with Crippen molar-refractivity contribution in [3.05, 3.63) is 60.2 Å². The summed E-state index contributed by atoms with van der Waals surface area (Å²) in [4.78, 5) is 21.4. The molecule has 5 rings (SSSR count). The summed E-state index contributed by atoms with van der Waals surface area (Å²) in [5.74, 6) is -1.14. The van der Waals surface area contributed by atoms with E-state index in [2.05, 4.69) is 43.8 Å². The van der Waals surface area contributed by atoms with Crippen LogP contribution in [0.2, 0.25) is 18.1 Å². The summed E-state index contributed by atoms with van der Waals surface area (Å²) in [6.45, 7) is 15.4. The van der Waals surface area contributed by atoms with Crippen molar-refractivity contribution < 1.29 is 28.2 Å². The molecule has 0 amide bonds. The van der Waals surface area contributed by atoms with Gasteiger partial charge in [0.05, 0.1) is 17.9 Å². The number of carbonyl (C=O) groups excluding carboxylic acids is 1. The maximum Gasteiger partial charge on any atom is 0.338 e. The van der Waals surface area contributed by atoms with E-state index < -0.39 is 26.3 Å². The number of hydrogen-bond donors (Lipinski definition) is 0. The van der Waals surface area contributed by atoms with Gasteiger partial charge in [0.1, 0.15) is 36.9 Å². The van der Waals surface area contributed by atoms with Gasteiger partial charge in [-0.3, -0.25) is 0 Å². The molecule has 0 spiro atoms. The Labute approximate surface area is 224 Å². The lowest BCUT2D eigenvalue weighted by Gasteiger charge is -2.37. The molecule has 0 bridgehead atoms. The maximum absolute atomic E-state index is 12.5. The Morgan fingerprint density at radius 1 is 1.08 bits per heavy atom. The monoisotopic (exact) mass is 539 g/mol. The molecule has 2 fully saturated rings. The first-order valence-corrected chi connectivity index (χ1v) is 15.9. The van der Waals surface area contributed by atoms with E-state index in [9.17, 15) is 4.79 Å². The van der Waals surface area contributed by atoms with E-state index in [1.54, 1.807) is 24.3 Å². The molecule has 2 aliphatic rings. The fraction of sp³-hybridized carbons (Fsp3) is 0.536. The molecule has 3 aromatic rings. The fourth-order valence-corrected chi connectivity index (χ4v) is 5.67. The molecule has 4 heterocycles. The third-order valence-corrected chi connectivity index (χ3v) is 12.3. The molecule has 38 heavy (non-hydrogen) atoms. The first-order valence-electron chi connectivity index (χ1n) is 13.0. The number of carbonyl (C=O) groups is 1. The lowest BCUT2D eigenvalue weighted by molar-refractivity contribution is -0.199. The van der Waals surface area contributed by atoms with Crippen molar-refractivity contribution in [2.45, 2.75) is 89.7 Å². The van der Waals surface area contributed by atoms with E-state index in [0.717, 1.165) is 5.39 Å². The average Bonchev–Trinajstić information content (AvgIpc) is 3.52. The largest absolute Gasteiger partial charge is 0.456 e. The zero-order valence-electron chi connectivity index (χ0n) is 23.1. The van der Waals surface area contributed by atoms with Crippen LogP contribution in [0.15, 0.2) is 48.9 Å². The van der Waals surface area contributed by atoms with Gasteiger partial charge in [-0.15, -0.1) is 0 Å². The van der Waals surface area contributed by atoms with Gasteiger partial charge < -0.3 is 27.9 Å². The van der Waals surface area contributed by atoms with Gasteiger partial charge in [0.2, 0.25) is 0 Å². The number of benzene rings is 1. The number of aromatic nitrogens is 3. The smallest absolute Gasteiger partial charge is 0.338 e. The van der Waals surface area contributed by atoms with E-state index >= 15 is 0 Å². The van der Waals surface area contributed by atoms with Crippen LogP contribution < -0.4 is 0 Å². The molecule has 0 N–H and O–H groups in total. The zero-order valence-corrected chi connectivity index (χ0v) is 24.1. The van der Waals surface area contributed by atoms with E-state index in [4.69, 9.17) is 23.4 Å². The van der Waals surface area contributed by atoms with Crippen LogP contribution in [0.3, 0.4) is 0 Å². The minimum Gasteiger partial charge on any atom is -0.456 e. The van der Waals surface area contributed by atoms with Crippen molar-refractivity contribution >= 4 is 25.3 Å². The van der Waals surface area contributed by atoms with E-state index in [1.165, 1.54) is 6.33 Å². The van der Waals surface area contributed by atoms with Gasteiger partial charge in [0.15, 0.2) is 20.3 Å². The molecule has 2 saturated heterocycles. The van der Waals surface area contributed by atoms with Crippen molar-refractivity contribution in [1.29, 1.82) is 0 Å². The van der Waals surface area contributed by atoms with Gasteiger partial charge in [-0.2, -0.15) is 0 Å². The third-order valence-electron chi connectivity index (χ3n) is 7.76. The summed E-state index contributed by atoms with van der Waals surface area (Å²) in [7, 11) is -1.98. The Balaban J connectivity index is 1.37. The van der Waals surface area contributed by atoms with Crippen LogP contribution in [0.4, 0.5) is 0 Å². The van der Waals surface area contributed by atoms with E-state index in [-0.39, 0.29) is 30.0 Å². The molecule has 1 aromatic carbocycles. The summed E-state index contributed by atoms with van der Waals surface area (Å²) in [5.41, 5.74) is 1.79. The summed E-state index contributed by atoms with van der Waals surface area (Å²) >= 11 is 0. The topological polar surface area (TPSA) is 93.9 Å². The number of rotatable bonds is 7. The molecule has 10 heteroatoms. The van der Waals surface area contributed by atoms with Crippen molar-refractivity contribution in [1.82, 2.24) is 14.5 Å². The van der Waals surface area contributed by atoms with Crippen molar-refractivity contribution in [3.8, 4) is 0 Å². The number of esters is 1. The van der Waals surface area contributed by atoms with Gasteiger partial charge in [-0.25, -0.2) is 14.8 Å². The van der Waals surface area contributed by atoms with Crippen molar-refractivity contribution in [2.75, 3.05) is 6.61 Å². The Kier molecular flexibility index (Phi) is 6.98. The zero-order chi connectivity index (χ0) is 27.3. The Morgan fingerprint density at radius 2 is 1.79 bits per heavy atom. The highest BCUT2D eigenvalue weighted by atomic mass is 28.4. The van der Waals surface area contributed by atoms with Crippen LogP contribution in [0.25, 0.3) is 11.0 Å². The molecule has 0 radical (unpaired) electrons. The minimum atomic E-state index is -1.98. The predicted molar refractivity (Wildman–Crippen MR) is 144 cm³/mol. The molecular weight excluding hydrogens is 502 g/mol. The van der Waals surface area contributed by atoms with Gasteiger partial charge in [-0.1, -0.05) is 39.0 Å². The molecule has 0 unspecified atom stereocenters. The SMILES string of the molecule is CC1(C)O[C@@H]2[C@H](O1)[C@@H](CO[Si](C)(C)C(C)(C)C)O[C@H]2n1ccc2c(COC(=O)c3ccccc3)ncnc21.